The van der Waals surface area contributed by atoms with E-state index in [1.54, 1.807) is 6.92 Å². The highest BCUT2D eigenvalue weighted by Crippen LogP contribution is 2.56. The van der Waals surface area contributed by atoms with Crippen LogP contribution in [0.3, 0.4) is 0 Å². The standard InChI is InChI=1S/C34H39N5O8/c1-6-20-22-13-14-23-26(29(42)38(28(23)41)18-25(40)45-5)27(22)34(4)31(35-16-15-19-17-36-24-12-10-9-11-21(19)24)47-33(44)39(34)30(20)46-32(43)37(7-2)8-3/h9-13,17,23,26-27,36H,6-8,14-16,18H2,1-5H3/t23?,26?,27?,34-/m0/s1. The molecule has 2 aromatic rings. The van der Waals surface area contributed by atoms with Crippen LogP contribution in [0, 0.1) is 17.8 Å². The van der Waals surface area contributed by atoms with E-state index in [1.165, 1.54) is 16.9 Å². The van der Waals surface area contributed by atoms with E-state index in [0.717, 1.165) is 21.4 Å². The molecule has 3 unspecified atom stereocenters. The van der Waals surface area contributed by atoms with E-state index in [1.807, 2.05) is 57.3 Å². The van der Waals surface area contributed by atoms with Gasteiger partial charge in [-0.15, -0.1) is 0 Å². The first-order chi connectivity index (χ1) is 22.6. The summed E-state index contributed by atoms with van der Waals surface area (Å²) in [7, 11) is 1.19. The molecule has 47 heavy (non-hydrogen) atoms. The van der Waals surface area contributed by atoms with Gasteiger partial charge in [0.25, 0.3) is 0 Å². The summed E-state index contributed by atoms with van der Waals surface area (Å²) < 4.78 is 16.7. The van der Waals surface area contributed by atoms with Gasteiger partial charge in [0.2, 0.25) is 23.6 Å². The number of imide groups is 1. The van der Waals surface area contributed by atoms with Crippen LogP contribution < -0.4 is 0 Å². The number of carbonyl (C=O) groups is 5. The Bertz CT molecular complexity index is 1750. The predicted octanol–water partition coefficient (Wildman–Crippen LogP) is 4.15. The van der Waals surface area contributed by atoms with Crippen molar-refractivity contribution in [2.24, 2.45) is 22.7 Å². The molecule has 248 valence electrons. The summed E-state index contributed by atoms with van der Waals surface area (Å²) in [6, 6.07) is 7.91. The number of methoxy groups -OCH3 is 1. The number of allylic oxidation sites excluding steroid dienone is 2. The highest BCUT2D eigenvalue weighted by Gasteiger charge is 2.68. The van der Waals surface area contributed by atoms with Gasteiger partial charge in [0.1, 0.15) is 12.1 Å². The monoisotopic (exact) mass is 645 g/mol. The molecular weight excluding hydrogens is 606 g/mol. The molecule has 3 aliphatic heterocycles. The van der Waals surface area contributed by atoms with E-state index in [0.29, 0.717) is 37.1 Å². The first-order valence-corrected chi connectivity index (χ1v) is 16.0. The molecule has 1 aromatic carbocycles. The minimum absolute atomic E-state index is 0.0304. The molecule has 2 fully saturated rings. The Kier molecular flexibility index (Phi) is 8.41. The Hall–Kier alpha value is -4.94. The maximum absolute atomic E-state index is 14.1. The van der Waals surface area contributed by atoms with Crippen LogP contribution in [-0.4, -0.2) is 94.4 Å². The number of ether oxygens (including phenoxy) is 3. The lowest BCUT2D eigenvalue weighted by Crippen LogP contribution is -2.60. The van der Waals surface area contributed by atoms with Gasteiger partial charge in [-0.2, -0.15) is 0 Å². The van der Waals surface area contributed by atoms with Crippen molar-refractivity contribution in [1.29, 1.82) is 0 Å². The fourth-order valence-electron chi connectivity index (χ4n) is 7.57. The third-order valence-corrected chi connectivity index (χ3v) is 9.92. The number of aliphatic imine (C=N–C) groups is 1. The molecule has 0 radical (unpaired) electrons. The summed E-state index contributed by atoms with van der Waals surface area (Å²) in [4.78, 5) is 78.8. The minimum atomic E-state index is -1.43. The Morgan fingerprint density at radius 1 is 1.13 bits per heavy atom. The third-order valence-electron chi connectivity index (χ3n) is 9.92. The molecular formula is C34H39N5O8. The van der Waals surface area contributed by atoms with Crippen molar-refractivity contribution in [3.63, 3.8) is 0 Å². The van der Waals surface area contributed by atoms with Gasteiger partial charge in [-0.25, -0.2) is 14.5 Å². The minimum Gasteiger partial charge on any atom is -0.468 e. The zero-order chi connectivity index (χ0) is 33.6. The highest BCUT2D eigenvalue weighted by atomic mass is 16.6. The van der Waals surface area contributed by atoms with Crippen LogP contribution in [0.1, 0.15) is 46.1 Å². The van der Waals surface area contributed by atoms with Gasteiger partial charge in [-0.05, 0) is 57.2 Å². The van der Waals surface area contributed by atoms with E-state index in [2.05, 4.69) is 4.98 Å². The summed E-state index contributed by atoms with van der Waals surface area (Å²) in [5.41, 5.74) is 1.86. The maximum Gasteiger partial charge on any atom is 0.424 e. The number of esters is 1. The van der Waals surface area contributed by atoms with Crippen molar-refractivity contribution in [2.45, 2.75) is 52.5 Å². The van der Waals surface area contributed by atoms with Crippen LogP contribution in [0.2, 0.25) is 0 Å². The fraction of sp³-hybridized carbons (Fsp3) is 0.471. The summed E-state index contributed by atoms with van der Waals surface area (Å²) in [5, 5.41) is 1.06. The number of cyclic esters (lactones) is 1. The second-order valence-electron chi connectivity index (χ2n) is 12.2. The summed E-state index contributed by atoms with van der Waals surface area (Å²) in [6.45, 7) is 7.81. The second-order valence-corrected chi connectivity index (χ2v) is 12.2. The Balaban J connectivity index is 1.45. The first kappa shape index (κ1) is 32.0. The molecule has 6 rings (SSSR count). The Morgan fingerprint density at radius 3 is 2.57 bits per heavy atom. The quantitative estimate of drug-likeness (QED) is 0.243. The number of aromatic amines is 1. The van der Waals surface area contributed by atoms with Gasteiger partial charge in [0.05, 0.1) is 18.9 Å². The van der Waals surface area contributed by atoms with Crippen LogP contribution in [0.25, 0.3) is 10.9 Å². The van der Waals surface area contributed by atoms with Gasteiger partial charge in [0, 0.05) is 48.2 Å². The molecule has 4 atom stereocenters. The molecule has 2 saturated heterocycles. The topological polar surface area (TPSA) is 151 Å². The molecule has 13 nitrogen and oxygen atoms in total. The average molecular weight is 646 g/mol. The van der Waals surface area contributed by atoms with Crippen LogP contribution in [0.5, 0.6) is 0 Å². The normalized spacial score (nSPS) is 25.9. The van der Waals surface area contributed by atoms with E-state index < -0.39 is 59.8 Å². The summed E-state index contributed by atoms with van der Waals surface area (Å²) >= 11 is 0. The lowest BCUT2D eigenvalue weighted by molar-refractivity contribution is -0.151. The number of para-hydroxylation sites is 1. The van der Waals surface area contributed by atoms with Crippen molar-refractivity contribution < 1.29 is 38.2 Å². The van der Waals surface area contributed by atoms with Crippen LogP contribution in [0.4, 0.5) is 9.59 Å². The molecule has 4 aliphatic rings. The number of nitrogens with zero attached hydrogens (tertiary/aromatic N) is 4. The molecule has 0 bridgehead atoms. The van der Waals surface area contributed by atoms with Crippen LogP contribution in [-0.2, 0) is 35.0 Å². The second kappa shape index (κ2) is 12.3. The molecule has 1 aliphatic carbocycles. The number of nitrogens with one attached hydrogen (secondary N) is 1. The first-order valence-electron chi connectivity index (χ1n) is 16.0. The number of likely N-dealkylation sites (tertiary alicyclic amines) is 1. The summed E-state index contributed by atoms with van der Waals surface area (Å²) in [6.07, 6.45) is 3.52. The summed E-state index contributed by atoms with van der Waals surface area (Å²) in [5.74, 6) is -4.08. The van der Waals surface area contributed by atoms with Crippen molar-refractivity contribution in [3.8, 4) is 0 Å². The predicted molar refractivity (Wildman–Crippen MR) is 170 cm³/mol. The maximum atomic E-state index is 14.1. The molecule has 0 spiro atoms. The molecule has 4 heterocycles. The number of H-pyrrole nitrogens is 1. The highest BCUT2D eigenvalue weighted by molar-refractivity contribution is 6.10. The number of carbonyl (C=O) groups excluding carboxylic acids is 5. The average Bonchev–Trinajstić information content (AvgIpc) is 3.67. The lowest BCUT2D eigenvalue weighted by atomic mass is 9.61. The van der Waals surface area contributed by atoms with Crippen LogP contribution in [0.15, 0.2) is 58.6 Å². The van der Waals surface area contributed by atoms with E-state index in [9.17, 15) is 24.0 Å². The molecule has 1 aromatic heterocycles. The number of rotatable bonds is 9. The zero-order valence-corrected chi connectivity index (χ0v) is 27.2. The van der Waals surface area contributed by atoms with E-state index in [-0.39, 0.29) is 24.7 Å². The van der Waals surface area contributed by atoms with Crippen molar-refractivity contribution in [3.05, 3.63) is 59.1 Å². The van der Waals surface area contributed by atoms with Crippen molar-refractivity contribution >= 4 is 46.8 Å². The molecule has 4 amide bonds. The van der Waals surface area contributed by atoms with Crippen LogP contribution >= 0.6 is 0 Å². The molecule has 1 N–H and O–H groups in total. The zero-order valence-electron chi connectivity index (χ0n) is 27.2. The Morgan fingerprint density at radius 2 is 1.87 bits per heavy atom. The van der Waals surface area contributed by atoms with Gasteiger partial charge < -0.3 is 24.1 Å². The number of hydrogen-bond acceptors (Lipinski definition) is 9. The molecule has 0 saturated carbocycles. The van der Waals surface area contributed by atoms with Gasteiger partial charge in [0.15, 0.2) is 0 Å². The number of fused-ring (bicyclic) bond motifs is 6. The Labute approximate surface area is 272 Å². The van der Waals surface area contributed by atoms with Gasteiger partial charge in [-0.3, -0.25) is 24.3 Å². The van der Waals surface area contributed by atoms with E-state index >= 15 is 0 Å². The largest absolute Gasteiger partial charge is 0.468 e. The number of benzene rings is 1. The van der Waals surface area contributed by atoms with Crippen molar-refractivity contribution in [1.82, 2.24) is 19.7 Å². The fourth-order valence-corrected chi connectivity index (χ4v) is 7.57. The van der Waals surface area contributed by atoms with Crippen molar-refractivity contribution in [2.75, 3.05) is 33.3 Å². The number of hydrogen-bond donors (Lipinski definition) is 1. The number of aromatic nitrogens is 1. The van der Waals surface area contributed by atoms with E-state index in [4.69, 9.17) is 19.2 Å². The smallest absolute Gasteiger partial charge is 0.424 e. The third kappa shape index (κ3) is 4.99. The van der Waals surface area contributed by atoms with Gasteiger partial charge in [-0.1, -0.05) is 31.2 Å². The lowest BCUT2D eigenvalue weighted by Gasteiger charge is -2.49. The SMILES string of the molecule is CCC1=C(OC(=O)N(CC)CC)N2C(=O)OC(=NCCc3c[nH]c4ccccc34)[C@]2(C)C2C1=CCC1C(=O)N(CC(=O)OC)C(=O)C12. The molecule has 13 heteroatoms. The van der Waals surface area contributed by atoms with Gasteiger partial charge >= 0.3 is 18.2 Å². The number of amides is 4.